The third-order valence-electron chi connectivity index (χ3n) is 7.14. The van der Waals surface area contributed by atoms with Gasteiger partial charge < -0.3 is 15.3 Å². The standard InChI is InChI=1S/C27H30N10O2/c1-14(2)17-9-30-22-21(17)31-13-35(24(22)28)20-12-33(15(3)4)27-32-19(11-34(27)26(20)39)18-10-37(16(5)6)36-8-7-29-25(36)23(18)38/h7-16H,1-6H3,(H2,28,30)/p+1. The number of aromatic nitrogens is 9. The fraction of sp³-hybridized carbons (Fsp3) is 0.333. The number of imidazole rings is 2. The number of nitrogen functional groups attached to an aromatic ring is 1. The fourth-order valence-corrected chi connectivity index (χ4v) is 5.04. The Hall–Kier alpha value is -4.74. The van der Waals surface area contributed by atoms with Crippen molar-refractivity contribution in [2.45, 2.75) is 59.5 Å². The average molecular weight is 528 g/mol. The molecular formula is C27H31N10O2+. The van der Waals surface area contributed by atoms with E-state index in [9.17, 15) is 9.59 Å². The Labute approximate surface area is 223 Å². The van der Waals surface area contributed by atoms with Crippen molar-refractivity contribution in [2.24, 2.45) is 0 Å². The summed E-state index contributed by atoms with van der Waals surface area (Å²) in [6.07, 6.45) is 11.9. The maximum atomic E-state index is 13.9. The van der Waals surface area contributed by atoms with Crippen LogP contribution in [0.2, 0.25) is 0 Å². The van der Waals surface area contributed by atoms with E-state index in [1.807, 2.05) is 43.1 Å². The van der Waals surface area contributed by atoms with Crippen LogP contribution in [-0.2, 0) is 0 Å². The van der Waals surface area contributed by atoms with Gasteiger partial charge in [0.2, 0.25) is 23.2 Å². The molecule has 6 heterocycles. The first-order chi connectivity index (χ1) is 18.6. The lowest BCUT2D eigenvalue weighted by molar-refractivity contribution is -0.583. The lowest BCUT2D eigenvalue weighted by Crippen LogP contribution is -2.42. The first-order valence-electron chi connectivity index (χ1n) is 13.0. The molecule has 200 valence electrons. The van der Waals surface area contributed by atoms with Crippen molar-refractivity contribution in [2.75, 3.05) is 5.73 Å². The molecule has 0 aliphatic heterocycles. The molecule has 0 aliphatic carbocycles. The van der Waals surface area contributed by atoms with Gasteiger partial charge in [-0.15, -0.1) is 4.98 Å². The molecule has 0 fully saturated rings. The Kier molecular flexibility index (Phi) is 5.45. The largest absolute Gasteiger partial charge is 0.353 e. The Morgan fingerprint density at radius 2 is 1.77 bits per heavy atom. The number of rotatable bonds is 5. The second-order valence-corrected chi connectivity index (χ2v) is 10.7. The molecule has 0 saturated carbocycles. The number of hydrogen-bond acceptors (Lipinski definition) is 6. The maximum Gasteiger partial charge on any atom is 0.298 e. The molecule has 0 bridgehead atoms. The van der Waals surface area contributed by atoms with Gasteiger partial charge in [-0.25, -0.2) is 18.9 Å². The zero-order valence-electron chi connectivity index (χ0n) is 22.7. The first kappa shape index (κ1) is 24.6. The zero-order chi connectivity index (χ0) is 27.7. The van der Waals surface area contributed by atoms with E-state index in [4.69, 9.17) is 10.7 Å². The van der Waals surface area contributed by atoms with E-state index in [0.717, 1.165) is 11.1 Å². The van der Waals surface area contributed by atoms with Crippen molar-refractivity contribution in [3.05, 3.63) is 69.6 Å². The zero-order valence-corrected chi connectivity index (χ0v) is 22.7. The molecule has 0 unspecified atom stereocenters. The van der Waals surface area contributed by atoms with E-state index in [-0.39, 0.29) is 29.0 Å². The average Bonchev–Trinajstić information content (AvgIpc) is 3.63. The molecule has 0 amide bonds. The topological polar surface area (TPSA) is 137 Å². The highest BCUT2D eigenvalue weighted by molar-refractivity contribution is 5.86. The van der Waals surface area contributed by atoms with Crippen LogP contribution in [0.15, 0.2) is 53.1 Å². The molecule has 12 nitrogen and oxygen atoms in total. The van der Waals surface area contributed by atoms with Gasteiger partial charge in [0.05, 0.1) is 17.5 Å². The van der Waals surface area contributed by atoms with Crippen LogP contribution < -0.4 is 21.3 Å². The van der Waals surface area contributed by atoms with Crippen LogP contribution in [0.3, 0.4) is 0 Å². The van der Waals surface area contributed by atoms with Crippen molar-refractivity contribution in [1.29, 1.82) is 0 Å². The van der Waals surface area contributed by atoms with Crippen molar-refractivity contribution in [1.82, 2.24) is 38.1 Å². The molecular weight excluding hydrogens is 496 g/mol. The van der Waals surface area contributed by atoms with Crippen LogP contribution in [0.4, 0.5) is 5.82 Å². The number of nitrogens with one attached hydrogen (secondary N) is 1. The van der Waals surface area contributed by atoms with Gasteiger partial charge in [-0.05, 0) is 33.6 Å². The summed E-state index contributed by atoms with van der Waals surface area (Å²) in [7, 11) is 0. The monoisotopic (exact) mass is 527 g/mol. The minimum absolute atomic E-state index is 0.0410. The molecule has 6 aromatic heterocycles. The molecule has 0 saturated heterocycles. The summed E-state index contributed by atoms with van der Waals surface area (Å²) in [6, 6.07) is 0.0205. The molecule has 0 aliphatic rings. The number of anilines is 1. The van der Waals surface area contributed by atoms with Crippen molar-refractivity contribution in [3.8, 4) is 16.9 Å². The van der Waals surface area contributed by atoms with Crippen molar-refractivity contribution < 1.29 is 4.57 Å². The quantitative estimate of drug-likeness (QED) is 0.331. The van der Waals surface area contributed by atoms with Gasteiger partial charge in [0.25, 0.3) is 11.4 Å². The Bertz CT molecular complexity index is 2020. The highest BCUT2D eigenvalue weighted by Crippen LogP contribution is 2.25. The summed E-state index contributed by atoms with van der Waals surface area (Å²) < 4.78 is 8.59. The number of fused-ring (bicyclic) bond motifs is 3. The van der Waals surface area contributed by atoms with Gasteiger partial charge in [0.1, 0.15) is 0 Å². The predicted molar refractivity (Wildman–Crippen MR) is 148 cm³/mol. The number of nitrogens with zero attached hydrogens (tertiary/aromatic N) is 8. The second kappa shape index (κ2) is 8.65. The van der Waals surface area contributed by atoms with Crippen LogP contribution in [0.1, 0.15) is 65.1 Å². The number of nitrogens with two attached hydrogens (primary N) is 1. The van der Waals surface area contributed by atoms with E-state index in [2.05, 4.69) is 28.8 Å². The van der Waals surface area contributed by atoms with Crippen LogP contribution in [0.5, 0.6) is 0 Å². The second-order valence-electron chi connectivity index (χ2n) is 10.7. The highest BCUT2D eigenvalue weighted by atomic mass is 16.1. The molecule has 6 rings (SSSR count). The van der Waals surface area contributed by atoms with Gasteiger partial charge in [-0.2, -0.15) is 4.57 Å². The molecule has 6 aromatic rings. The van der Waals surface area contributed by atoms with E-state index >= 15 is 0 Å². The summed E-state index contributed by atoms with van der Waals surface area (Å²) in [5.74, 6) is 1.06. The van der Waals surface area contributed by atoms with Crippen LogP contribution in [0.25, 0.3) is 39.4 Å². The van der Waals surface area contributed by atoms with E-state index in [1.165, 1.54) is 4.40 Å². The summed E-state index contributed by atoms with van der Waals surface area (Å²) in [5, 5.41) is 0. The Balaban J connectivity index is 1.61. The summed E-state index contributed by atoms with van der Waals surface area (Å²) in [5.41, 5.74) is 9.86. The molecule has 0 atom stereocenters. The van der Waals surface area contributed by atoms with E-state index in [1.54, 1.807) is 46.4 Å². The molecule has 0 spiro atoms. The predicted octanol–water partition coefficient (Wildman–Crippen LogP) is 2.99. The lowest BCUT2D eigenvalue weighted by atomic mass is 10.1. The van der Waals surface area contributed by atoms with E-state index < -0.39 is 0 Å². The highest BCUT2D eigenvalue weighted by Gasteiger charge is 2.24. The molecule has 0 radical (unpaired) electrons. The van der Waals surface area contributed by atoms with E-state index in [0.29, 0.717) is 39.7 Å². The molecule has 12 heteroatoms. The van der Waals surface area contributed by atoms with Crippen molar-refractivity contribution >= 4 is 28.3 Å². The molecule has 3 N–H and O–H groups in total. The molecule has 39 heavy (non-hydrogen) atoms. The van der Waals surface area contributed by atoms with Gasteiger partial charge in [-0.1, -0.05) is 13.8 Å². The smallest absolute Gasteiger partial charge is 0.298 e. The molecule has 0 aromatic carbocycles. The van der Waals surface area contributed by atoms with Crippen LogP contribution in [-0.4, -0.2) is 38.1 Å². The minimum Gasteiger partial charge on any atom is -0.353 e. The summed E-state index contributed by atoms with van der Waals surface area (Å²) in [6.45, 7) is 12.2. The third-order valence-corrected chi connectivity index (χ3v) is 7.14. The van der Waals surface area contributed by atoms with Crippen LogP contribution >= 0.6 is 0 Å². The Morgan fingerprint density at radius 3 is 2.46 bits per heavy atom. The SMILES string of the molecule is CC(C)c1c[nH]c2c(N)[n+](-c3cn(C(C)C)c4nc(-c5cn(C(C)C)n6ccnc6c5=O)cn4c3=O)cnc12. The lowest BCUT2D eigenvalue weighted by Gasteiger charge is -2.15. The van der Waals surface area contributed by atoms with Gasteiger partial charge in [0.15, 0.2) is 16.7 Å². The van der Waals surface area contributed by atoms with Crippen molar-refractivity contribution in [3.63, 3.8) is 0 Å². The van der Waals surface area contributed by atoms with Gasteiger partial charge in [-0.3, -0.25) is 14.3 Å². The van der Waals surface area contributed by atoms with Gasteiger partial charge in [0, 0.05) is 48.6 Å². The maximum absolute atomic E-state index is 13.9. The fourth-order valence-electron chi connectivity index (χ4n) is 5.04. The number of hydrogen-bond donors (Lipinski definition) is 2. The van der Waals surface area contributed by atoms with Gasteiger partial charge >= 0.3 is 0 Å². The third kappa shape index (κ3) is 3.58. The first-order valence-corrected chi connectivity index (χ1v) is 13.0. The minimum atomic E-state index is -0.333. The Morgan fingerprint density at radius 1 is 1.00 bits per heavy atom. The summed E-state index contributed by atoms with van der Waals surface area (Å²) >= 11 is 0. The number of H-pyrrole nitrogens is 1. The number of aromatic amines is 1. The normalized spacial score (nSPS) is 12.3. The van der Waals surface area contributed by atoms with Crippen LogP contribution in [0, 0.1) is 0 Å². The summed E-state index contributed by atoms with van der Waals surface area (Å²) in [4.78, 5) is 44.1.